The standard InChI is InChI=1S/C26H42N6O/c1-6-19(30-24(33)14-10-11-15-27)16-20(7-2)31-26(28-5)32-25(18(3)4)22-17-29-23-13-9-8-12-21(22)23/h8-9,12-13,17-20,29H,6-7,10-11,14-16,27H2,1-5H3,(H,28,31)(H,30,33). The van der Waals surface area contributed by atoms with E-state index in [1.165, 1.54) is 0 Å². The molecule has 2 aromatic rings. The fraction of sp³-hybridized carbons (Fsp3) is 0.577. The number of aromatic nitrogens is 1. The van der Waals surface area contributed by atoms with Gasteiger partial charge in [0.25, 0.3) is 0 Å². The Morgan fingerprint density at radius 1 is 1.09 bits per heavy atom. The highest BCUT2D eigenvalue weighted by Crippen LogP contribution is 2.21. The normalized spacial score (nSPS) is 14.5. The van der Waals surface area contributed by atoms with Gasteiger partial charge in [0.15, 0.2) is 0 Å². The van der Waals surface area contributed by atoms with Crippen LogP contribution in [0.1, 0.15) is 71.8 Å². The van der Waals surface area contributed by atoms with E-state index in [2.05, 4.69) is 60.4 Å². The Morgan fingerprint density at radius 2 is 1.79 bits per heavy atom. The molecule has 1 aromatic carbocycles. The first-order valence-electron chi connectivity index (χ1n) is 12.3. The summed E-state index contributed by atoms with van der Waals surface area (Å²) in [5.74, 6) is 0.966. The molecule has 0 saturated carbocycles. The summed E-state index contributed by atoms with van der Waals surface area (Å²) in [5, 5.41) is 7.87. The van der Waals surface area contributed by atoms with Gasteiger partial charge in [-0.3, -0.25) is 9.79 Å². The molecule has 0 spiro atoms. The largest absolute Gasteiger partial charge is 0.360 e. The maximum Gasteiger partial charge on any atom is 0.220 e. The van der Waals surface area contributed by atoms with E-state index >= 15 is 0 Å². The number of fused-ring (bicyclic) bond motifs is 1. The number of nitrogens with one attached hydrogen (secondary N) is 3. The minimum atomic E-state index is 0.106. The highest BCUT2D eigenvalue weighted by atomic mass is 16.1. The third-order valence-electron chi connectivity index (χ3n) is 5.96. The van der Waals surface area contributed by atoms with Crippen molar-refractivity contribution >= 4 is 28.5 Å². The van der Waals surface area contributed by atoms with E-state index in [0.29, 0.717) is 18.9 Å². The quantitative estimate of drug-likeness (QED) is 0.217. The van der Waals surface area contributed by atoms with Crippen LogP contribution in [0, 0.1) is 5.92 Å². The van der Waals surface area contributed by atoms with Crippen molar-refractivity contribution in [1.29, 1.82) is 0 Å². The Morgan fingerprint density at radius 3 is 2.42 bits per heavy atom. The molecule has 33 heavy (non-hydrogen) atoms. The molecule has 0 aliphatic rings. The topological polar surface area (TPSA) is 108 Å². The Labute approximate surface area is 198 Å². The fourth-order valence-corrected chi connectivity index (χ4v) is 3.96. The van der Waals surface area contributed by atoms with Crippen LogP contribution in [0.15, 0.2) is 40.4 Å². The van der Waals surface area contributed by atoms with Gasteiger partial charge in [0.2, 0.25) is 11.9 Å². The van der Waals surface area contributed by atoms with Crippen molar-refractivity contribution in [2.45, 2.75) is 78.3 Å². The second-order valence-electron chi connectivity index (χ2n) is 8.85. The van der Waals surface area contributed by atoms with Crippen LogP contribution in [0.5, 0.6) is 0 Å². The van der Waals surface area contributed by atoms with Crippen molar-refractivity contribution < 1.29 is 4.79 Å². The van der Waals surface area contributed by atoms with Crippen LogP contribution < -0.4 is 16.4 Å². The Bertz CT molecular complexity index is 930. The number of aliphatic imine (C=N–C) groups is 2. The third kappa shape index (κ3) is 8.00. The molecule has 2 rings (SSSR count). The molecular weight excluding hydrogens is 412 g/mol. The predicted octanol–water partition coefficient (Wildman–Crippen LogP) is 4.38. The lowest BCUT2D eigenvalue weighted by Gasteiger charge is -2.24. The molecule has 7 heteroatoms. The van der Waals surface area contributed by atoms with E-state index < -0.39 is 0 Å². The third-order valence-corrected chi connectivity index (χ3v) is 5.96. The highest BCUT2D eigenvalue weighted by molar-refractivity contribution is 6.15. The monoisotopic (exact) mass is 454 g/mol. The van der Waals surface area contributed by atoms with Gasteiger partial charge in [-0.1, -0.05) is 45.9 Å². The van der Waals surface area contributed by atoms with Crippen LogP contribution in [0.25, 0.3) is 10.9 Å². The average molecular weight is 455 g/mol. The van der Waals surface area contributed by atoms with Gasteiger partial charge in [0.1, 0.15) is 0 Å². The maximum absolute atomic E-state index is 12.3. The SMILES string of the molecule is CCC(CC(CC)NC(=NC)N=C(c1c[nH]c2ccccc12)C(C)C)NC(=O)CCCCN. The van der Waals surface area contributed by atoms with Crippen LogP contribution >= 0.6 is 0 Å². The van der Waals surface area contributed by atoms with E-state index in [9.17, 15) is 4.79 Å². The Kier molecular flexibility index (Phi) is 11.1. The van der Waals surface area contributed by atoms with Crippen molar-refractivity contribution in [2.24, 2.45) is 21.6 Å². The maximum atomic E-state index is 12.3. The molecule has 0 saturated heterocycles. The van der Waals surface area contributed by atoms with Gasteiger partial charge in [0, 0.05) is 48.2 Å². The second-order valence-corrected chi connectivity index (χ2v) is 8.85. The molecule has 1 aromatic heterocycles. The molecule has 7 nitrogen and oxygen atoms in total. The molecule has 5 N–H and O–H groups in total. The van der Waals surface area contributed by atoms with Crippen LogP contribution in [0.3, 0.4) is 0 Å². The van der Waals surface area contributed by atoms with Gasteiger partial charge in [-0.25, -0.2) is 4.99 Å². The number of nitrogens with zero attached hydrogens (tertiary/aromatic N) is 2. The van der Waals surface area contributed by atoms with Crippen molar-refractivity contribution in [3.63, 3.8) is 0 Å². The summed E-state index contributed by atoms with van der Waals surface area (Å²) >= 11 is 0. The summed E-state index contributed by atoms with van der Waals surface area (Å²) in [5.41, 5.74) is 8.73. The Hall–Kier alpha value is -2.67. The van der Waals surface area contributed by atoms with E-state index in [1.54, 1.807) is 7.05 Å². The minimum Gasteiger partial charge on any atom is -0.360 e. The molecule has 2 atom stereocenters. The number of hydrogen-bond acceptors (Lipinski definition) is 3. The second kappa shape index (κ2) is 13.8. The predicted molar refractivity (Wildman–Crippen MR) is 140 cm³/mol. The van der Waals surface area contributed by atoms with Gasteiger partial charge >= 0.3 is 0 Å². The number of para-hydroxylation sites is 1. The van der Waals surface area contributed by atoms with Gasteiger partial charge in [-0.05, 0) is 50.6 Å². The van der Waals surface area contributed by atoms with Crippen LogP contribution in [-0.2, 0) is 4.79 Å². The average Bonchev–Trinajstić information content (AvgIpc) is 3.24. The van der Waals surface area contributed by atoms with Gasteiger partial charge in [0.05, 0.1) is 5.71 Å². The summed E-state index contributed by atoms with van der Waals surface area (Å²) in [6.45, 7) is 9.19. The smallest absolute Gasteiger partial charge is 0.220 e. The van der Waals surface area contributed by atoms with E-state index in [4.69, 9.17) is 10.7 Å². The molecule has 1 heterocycles. The number of carbonyl (C=O) groups excluding carboxylic acids is 1. The van der Waals surface area contributed by atoms with E-state index in [1.807, 2.05) is 18.3 Å². The number of unbranched alkanes of at least 4 members (excludes halogenated alkanes) is 1. The summed E-state index contributed by atoms with van der Waals surface area (Å²) in [6, 6.07) is 8.56. The van der Waals surface area contributed by atoms with Crippen molar-refractivity contribution in [3.8, 4) is 0 Å². The number of aromatic amines is 1. The zero-order valence-electron chi connectivity index (χ0n) is 20.9. The molecule has 1 amide bonds. The highest BCUT2D eigenvalue weighted by Gasteiger charge is 2.19. The fourth-order valence-electron chi connectivity index (χ4n) is 3.96. The first-order valence-corrected chi connectivity index (χ1v) is 12.3. The lowest BCUT2D eigenvalue weighted by atomic mass is 9.99. The number of nitrogens with two attached hydrogens (primary N) is 1. The summed E-state index contributed by atoms with van der Waals surface area (Å²) in [7, 11) is 1.77. The molecular formula is C26H42N6O. The number of H-pyrrole nitrogens is 1. The van der Waals surface area contributed by atoms with Crippen LogP contribution in [0.2, 0.25) is 0 Å². The summed E-state index contributed by atoms with van der Waals surface area (Å²) in [4.78, 5) is 25.0. The summed E-state index contributed by atoms with van der Waals surface area (Å²) in [6.07, 6.45) is 6.91. The number of rotatable bonds is 12. The number of hydrogen-bond donors (Lipinski definition) is 4. The number of carbonyl (C=O) groups is 1. The van der Waals surface area contributed by atoms with E-state index in [0.717, 1.165) is 54.3 Å². The minimum absolute atomic E-state index is 0.106. The van der Waals surface area contributed by atoms with Crippen molar-refractivity contribution in [2.75, 3.05) is 13.6 Å². The van der Waals surface area contributed by atoms with Gasteiger partial charge < -0.3 is 21.4 Å². The molecule has 0 fully saturated rings. The molecule has 0 bridgehead atoms. The Balaban J connectivity index is 2.12. The van der Waals surface area contributed by atoms with Gasteiger partial charge in [-0.2, -0.15) is 0 Å². The van der Waals surface area contributed by atoms with Crippen molar-refractivity contribution in [1.82, 2.24) is 15.6 Å². The molecule has 0 aliphatic carbocycles. The zero-order valence-corrected chi connectivity index (χ0v) is 20.9. The van der Waals surface area contributed by atoms with Crippen LogP contribution in [-0.4, -0.2) is 48.2 Å². The molecule has 182 valence electrons. The summed E-state index contributed by atoms with van der Waals surface area (Å²) < 4.78 is 0. The van der Waals surface area contributed by atoms with Gasteiger partial charge in [-0.15, -0.1) is 0 Å². The lowest BCUT2D eigenvalue weighted by Crippen LogP contribution is -2.42. The number of amides is 1. The lowest BCUT2D eigenvalue weighted by molar-refractivity contribution is -0.122. The van der Waals surface area contributed by atoms with E-state index in [-0.39, 0.29) is 23.9 Å². The number of guanidine groups is 1. The first-order chi connectivity index (χ1) is 15.9. The first kappa shape index (κ1) is 26.6. The van der Waals surface area contributed by atoms with Crippen molar-refractivity contribution in [3.05, 3.63) is 36.0 Å². The molecule has 0 radical (unpaired) electrons. The molecule has 2 unspecified atom stereocenters. The van der Waals surface area contributed by atoms with Crippen LogP contribution in [0.4, 0.5) is 0 Å². The zero-order chi connectivity index (χ0) is 24.2. The number of benzene rings is 1. The molecule has 0 aliphatic heterocycles.